The first-order chi connectivity index (χ1) is 10.4. The maximum atomic E-state index is 11.6. The molecule has 1 aromatic carbocycles. The number of benzene rings is 1. The van der Waals surface area contributed by atoms with Crippen molar-refractivity contribution in [3.63, 3.8) is 0 Å². The molecular weight excluding hydrogens is 302 g/mol. The summed E-state index contributed by atoms with van der Waals surface area (Å²) in [7, 11) is 0. The minimum Gasteiger partial charge on any atom is -0.465 e. The van der Waals surface area contributed by atoms with Crippen LogP contribution in [0.25, 0.3) is 0 Å². The van der Waals surface area contributed by atoms with Crippen molar-refractivity contribution in [1.29, 1.82) is 0 Å². The number of hydrogen-bond donors (Lipinski definition) is 3. The predicted molar refractivity (Wildman–Crippen MR) is 85.0 cm³/mol. The van der Waals surface area contributed by atoms with Crippen LogP contribution in [0.2, 0.25) is 5.02 Å². The van der Waals surface area contributed by atoms with Gasteiger partial charge >= 0.3 is 6.09 Å². The van der Waals surface area contributed by atoms with Crippen LogP contribution in [0.4, 0.5) is 4.79 Å². The van der Waals surface area contributed by atoms with Gasteiger partial charge in [0.1, 0.15) is 0 Å². The number of carboxylic acid groups (broad SMARTS) is 1. The molecule has 2 aliphatic rings. The van der Waals surface area contributed by atoms with Gasteiger partial charge in [-0.15, -0.1) is 0 Å². The minimum absolute atomic E-state index is 0.218. The summed E-state index contributed by atoms with van der Waals surface area (Å²) in [4.78, 5) is 11.2. The smallest absolute Gasteiger partial charge is 0.404 e. The third kappa shape index (κ3) is 2.12. The fourth-order valence-corrected chi connectivity index (χ4v) is 5.17. The number of halogens is 1. The summed E-state index contributed by atoms with van der Waals surface area (Å²) in [6, 6.07) is 7.15. The van der Waals surface area contributed by atoms with Crippen molar-refractivity contribution < 1.29 is 15.0 Å². The van der Waals surface area contributed by atoms with Crippen LogP contribution in [0.15, 0.2) is 24.3 Å². The van der Waals surface area contributed by atoms with Crippen molar-refractivity contribution in [2.75, 3.05) is 0 Å². The predicted octanol–water partition coefficient (Wildman–Crippen LogP) is 3.76. The molecule has 4 atom stereocenters. The van der Waals surface area contributed by atoms with E-state index < -0.39 is 17.1 Å². The van der Waals surface area contributed by atoms with E-state index in [1.807, 2.05) is 25.1 Å². The Morgan fingerprint density at radius 3 is 2.82 bits per heavy atom. The molecule has 0 heterocycles. The summed E-state index contributed by atoms with van der Waals surface area (Å²) in [6.45, 7) is 1.95. The third-order valence-corrected chi connectivity index (χ3v) is 6.17. The van der Waals surface area contributed by atoms with Crippen LogP contribution in [-0.2, 0) is 5.60 Å². The molecule has 4 unspecified atom stereocenters. The first kappa shape index (κ1) is 15.6. The quantitative estimate of drug-likeness (QED) is 0.790. The van der Waals surface area contributed by atoms with E-state index in [4.69, 9.17) is 16.7 Å². The van der Waals surface area contributed by atoms with E-state index in [1.54, 1.807) is 6.07 Å². The Morgan fingerprint density at radius 2 is 2.23 bits per heavy atom. The number of amides is 1. The van der Waals surface area contributed by atoms with E-state index in [0.717, 1.165) is 31.2 Å². The summed E-state index contributed by atoms with van der Waals surface area (Å²) >= 11 is 6.36. The van der Waals surface area contributed by atoms with Gasteiger partial charge in [-0.2, -0.15) is 0 Å². The minimum atomic E-state index is -1.11. The highest BCUT2D eigenvalue weighted by Crippen LogP contribution is 2.63. The van der Waals surface area contributed by atoms with Gasteiger partial charge in [0.25, 0.3) is 0 Å². The second-order valence-electron chi connectivity index (χ2n) is 6.70. The molecule has 0 spiro atoms. The van der Waals surface area contributed by atoms with Gasteiger partial charge in [0, 0.05) is 22.0 Å². The summed E-state index contributed by atoms with van der Waals surface area (Å²) < 4.78 is 0. The van der Waals surface area contributed by atoms with Crippen molar-refractivity contribution in [3.05, 3.63) is 34.9 Å². The van der Waals surface area contributed by atoms with Gasteiger partial charge < -0.3 is 15.5 Å². The number of fused-ring (bicyclic) bond motifs is 2. The van der Waals surface area contributed by atoms with Gasteiger partial charge in [0.15, 0.2) is 0 Å². The fourth-order valence-electron chi connectivity index (χ4n) is 4.87. The Labute approximate surface area is 135 Å². The Bertz CT molecular complexity index is 593. The number of carbonyl (C=O) groups is 1. The lowest BCUT2D eigenvalue weighted by molar-refractivity contribution is -0.103. The molecular formula is C17H22ClNO3. The molecule has 0 radical (unpaired) electrons. The highest BCUT2D eigenvalue weighted by atomic mass is 35.5. The van der Waals surface area contributed by atoms with Gasteiger partial charge in [-0.3, -0.25) is 0 Å². The maximum absolute atomic E-state index is 11.6. The zero-order chi connectivity index (χ0) is 16.0. The molecule has 2 bridgehead atoms. The summed E-state index contributed by atoms with van der Waals surface area (Å²) in [5.74, 6) is 0.484. The molecule has 2 fully saturated rings. The molecule has 0 aromatic heterocycles. The zero-order valence-corrected chi connectivity index (χ0v) is 13.4. The Balaban J connectivity index is 2.08. The number of hydrogen-bond acceptors (Lipinski definition) is 2. The molecule has 1 aromatic rings. The van der Waals surface area contributed by atoms with Crippen molar-refractivity contribution >= 4 is 17.7 Å². The van der Waals surface area contributed by atoms with E-state index in [0.29, 0.717) is 17.4 Å². The molecule has 2 saturated carbocycles. The average molecular weight is 324 g/mol. The molecule has 22 heavy (non-hydrogen) atoms. The van der Waals surface area contributed by atoms with Gasteiger partial charge in [0.2, 0.25) is 0 Å². The second kappa shape index (κ2) is 5.43. The number of nitrogens with one attached hydrogen (secondary N) is 1. The van der Waals surface area contributed by atoms with E-state index in [-0.39, 0.29) is 6.04 Å². The standard InChI is InChI=1S/C17H22ClNO3/c1-2-17(22,12-5-3-4-6-13(12)18)16-8-7-11(10-16)9-14(16)19-15(20)21/h3-6,11,14,19,22H,2,7-10H2,1H3,(H,20,21). The van der Waals surface area contributed by atoms with Crippen molar-refractivity contribution in [1.82, 2.24) is 5.32 Å². The van der Waals surface area contributed by atoms with Gasteiger partial charge in [0.05, 0.1) is 5.60 Å². The van der Waals surface area contributed by atoms with Crippen LogP contribution in [0.3, 0.4) is 0 Å². The molecule has 2 aliphatic carbocycles. The lowest BCUT2D eigenvalue weighted by Crippen LogP contribution is -2.55. The van der Waals surface area contributed by atoms with Crippen molar-refractivity contribution in [2.45, 2.75) is 50.7 Å². The topological polar surface area (TPSA) is 69.6 Å². The van der Waals surface area contributed by atoms with Crippen molar-refractivity contribution in [2.24, 2.45) is 11.3 Å². The monoisotopic (exact) mass is 323 g/mol. The zero-order valence-electron chi connectivity index (χ0n) is 12.7. The van der Waals surface area contributed by atoms with Gasteiger partial charge in [-0.25, -0.2) is 4.79 Å². The van der Waals surface area contributed by atoms with Crippen LogP contribution in [0.1, 0.15) is 44.6 Å². The molecule has 4 nitrogen and oxygen atoms in total. The summed E-state index contributed by atoms with van der Waals surface area (Å²) in [6.07, 6.45) is 3.03. The van der Waals surface area contributed by atoms with Gasteiger partial charge in [-0.1, -0.05) is 36.7 Å². The highest BCUT2D eigenvalue weighted by molar-refractivity contribution is 6.31. The summed E-state index contributed by atoms with van der Waals surface area (Å²) in [5, 5.41) is 24.0. The molecule has 120 valence electrons. The molecule has 5 heteroatoms. The van der Waals surface area contributed by atoms with Crippen LogP contribution < -0.4 is 5.32 Å². The van der Waals surface area contributed by atoms with E-state index in [2.05, 4.69) is 5.32 Å². The lowest BCUT2D eigenvalue weighted by Gasteiger charge is -2.48. The van der Waals surface area contributed by atoms with E-state index in [1.165, 1.54) is 0 Å². The van der Waals surface area contributed by atoms with Crippen molar-refractivity contribution in [3.8, 4) is 0 Å². The molecule has 3 rings (SSSR count). The molecule has 0 saturated heterocycles. The Hall–Kier alpha value is -1.26. The fraction of sp³-hybridized carbons (Fsp3) is 0.588. The van der Waals surface area contributed by atoms with E-state index >= 15 is 0 Å². The Kier molecular flexibility index (Phi) is 3.86. The first-order valence-electron chi connectivity index (χ1n) is 7.90. The average Bonchev–Trinajstić information content (AvgIpc) is 3.05. The summed E-state index contributed by atoms with van der Waals surface area (Å²) in [5.41, 5.74) is -0.849. The second-order valence-corrected chi connectivity index (χ2v) is 7.10. The third-order valence-electron chi connectivity index (χ3n) is 5.84. The SMILES string of the molecule is CCC(O)(c1ccccc1Cl)C12CCC(CC1NC(=O)O)C2. The largest absolute Gasteiger partial charge is 0.465 e. The molecule has 0 aliphatic heterocycles. The van der Waals surface area contributed by atoms with Crippen LogP contribution >= 0.6 is 11.6 Å². The molecule has 3 N–H and O–H groups in total. The first-order valence-corrected chi connectivity index (χ1v) is 8.27. The maximum Gasteiger partial charge on any atom is 0.404 e. The Morgan fingerprint density at radius 1 is 1.50 bits per heavy atom. The normalized spacial score (nSPS) is 32.7. The van der Waals surface area contributed by atoms with Crippen LogP contribution in [0, 0.1) is 11.3 Å². The highest BCUT2D eigenvalue weighted by Gasteiger charge is 2.63. The van der Waals surface area contributed by atoms with E-state index in [9.17, 15) is 9.90 Å². The van der Waals surface area contributed by atoms with Gasteiger partial charge in [-0.05, 0) is 44.1 Å². The lowest BCUT2D eigenvalue weighted by atomic mass is 9.62. The van der Waals surface area contributed by atoms with Crippen LogP contribution in [0.5, 0.6) is 0 Å². The molecule has 1 amide bonds. The number of aliphatic hydroxyl groups is 1. The van der Waals surface area contributed by atoms with Crippen LogP contribution in [-0.4, -0.2) is 22.3 Å². The number of rotatable bonds is 4.